The number of carbonyl (C=O) groups excluding carboxylic acids is 2. The van der Waals surface area contributed by atoms with Crippen LogP contribution in [0.2, 0.25) is 0 Å². The van der Waals surface area contributed by atoms with Crippen LogP contribution in [-0.4, -0.2) is 89.7 Å². The highest BCUT2D eigenvalue weighted by atomic mass is 16.5. The molecule has 2 saturated heterocycles. The van der Waals surface area contributed by atoms with Crippen LogP contribution in [0.3, 0.4) is 0 Å². The number of nitrogens with zero attached hydrogens (tertiary/aromatic N) is 4. The molecule has 32 heavy (non-hydrogen) atoms. The summed E-state index contributed by atoms with van der Waals surface area (Å²) in [7, 11) is 1.81. The number of benzene rings is 1. The molecule has 0 bridgehead atoms. The number of H-pyrrole nitrogens is 1. The van der Waals surface area contributed by atoms with Gasteiger partial charge in [0.2, 0.25) is 5.91 Å². The molecule has 1 N–H and O–H groups in total. The zero-order valence-electron chi connectivity index (χ0n) is 18.8. The van der Waals surface area contributed by atoms with Crippen molar-refractivity contribution in [3.8, 4) is 0 Å². The van der Waals surface area contributed by atoms with E-state index >= 15 is 0 Å². The summed E-state index contributed by atoms with van der Waals surface area (Å²) in [6.45, 7) is 6.02. The third-order valence-corrected chi connectivity index (χ3v) is 6.44. The van der Waals surface area contributed by atoms with E-state index in [1.54, 1.807) is 11.1 Å². The van der Waals surface area contributed by atoms with Gasteiger partial charge in [0.25, 0.3) is 5.91 Å². The lowest BCUT2D eigenvalue weighted by Gasteiger charge is -2.34. The topological polar surface area (TPSA) is 81.8 Å². The van der Waals surface area contributed by atoms with E-state index < -0.39 is 0 Å². The second-order valence-corrected chi connectivity index (χ2v) is 8.73. The molecule has 2 aromatic rings. The summed E-state index contributed by atoms with van der Waals surface area (Å²) in [5.41, 5.74) is 2.54. The molecule has 1 atom stereocenters. The van der Waals surface area contributed by atoms with E-state index in [2.05, 4.69) is 15.1 Å². The number of piperidine rings is 1. The van der Waals surface area contributed by atoms with Gasteiger partial charge in [0, 0.05) is 58.7 Å². The average molecular weight is 440 g/mol. The Hall–Kier alpha value is -2.71. The molecule has 2 amide bonds. The van der Waals surface area contributed by atoms with E-state index in [-0.39, 0.29) is 17.7 Å². The molecule has 0 aliphatic carbocycles. The molecule has 172 valence electrons. The van der Waals surface area contributed by atoms with Crippen molar-refractivity contribution in [2.45, 2.75) is 31.7 Å². The van der Waals surface area contributed by atoms with Gasteiger partial charge in [0.05, 0.1) is 30.7 Å². The van der Waals surface area contributed by atoms with Gasteiger partial charge in [0.15, 0.2) is 0 Å². The number of carbonyl (C=O) groups is 2. The van der Waals surface area contributed by atoms with E-state index in [9.17, 15) is 9.59 Å². The van der Waals surface area contributed by atoms with Crippen molar-refractivity contribution in [2.24, 2.45) is 0 Å². The third-order valence-electron chi connectivity index (χ3n) is 6.44. The first kappa shape index (κ1) is 22.5. The highest BCUT2D eigenvalue weighted by Gasteiger charge is 2.30. The van der Waals surface area contributed by atoms with Crippen LogP contribution in [-0.2, 0) is 16.1 Å². The van der Waals surface area contributed by atoms with Crippen molar-refractivity contribution < 1.29 is 14.3 Å². The van der Waals surface area contributed by atoms with Crippen LogP contribution in [0.5, 0.6) is 0 Å². The van der Waals surface area contributed by atoms with Gasteiger partial charge in [0.1, 0.15) is 0 Å². The summed E-state index contributed by atoms with van der Waals surface area (Å²) >= 11 is 0. The lowest BCUT2D eigenvalue weighted by atomic mass is 9.92. The molecule has 2 aliphatic heterocycles. The highest BCUT2D eigenvalue weighted by molar-refractivity contribution is 5.95. The monoisotopic (exact) mass is 439 g/mol. The first-order valence-corrected chi connectivity index (χ1v) is 11.5. The Labute approximate surface area is 189 Å². The smallest absolute Gasteiger partial charge is 0.257 e. The second kappa shape index (κ2) is 10.7. The molecule has 8 nitrogen and oxygen atoms in total. The SMILES string of the molecule is CN(Cc1ccccc1)C(=O)c1cn[nH]c1[C@@H]1CCCN(C(=O)CCN2CCOCC2)C1. The zero-order valence-corrected chi connectivity index (χ0v) is 18.8. The molecule has 0 saturated carbocycles. The number of likely N-dealkylation sites (tertiary alicyclic amines) is 1. The van der Waals surface area contributed by atoms with Crippen LogP contribution in [0.15, 0.2) is 36.5 Å². The number of aromatic amines is 1. The number of nitrogens with one attached hydrogen (secondary N) is 1. The lowest BCUT2D eigenvalue weighted by Crippen LogP contribution is -2.42. The van der Waals surface area contributed by atoms with Crippen LogP contribution >= 0.6 is 0 Å². The minimum atomic E-state index is -0.0478. The summed E-state index contributed by atoms with van der Waals surface area (Å²) in [5, 5.41) is 7.24. The number of hydrogen-bond acceptors (Lipinski definition) is 5. The Balaban J connectivity index is 1.36. The number of rotatable bonds is 7. The molecule has 8 heteroatoms. The summed E-state index contributed by atoms with van der Waals surface area (Å²) in [6.07, 6.45) is 4.03. The fourth-order valence-corrected chi connectivity index (χ4v) is 4.59. The van der Waals surface area contributed by atoms with Gasteiger partial charge in [-0.2, -0.15) is 5.10 Å². The summed E-state index contributed by atoms with van der Waals surface area (Å²) in [6, 6.07) is 9.95. The molecule has 1 aromatic carbocycles. The number of ether oxygens (including phenoxy) is 1. The van der Waals surface area contributed by atoms with Crippen molar-refractivity contribution in [2.75, 3.05) is 53.0 Å². The van der Waals surface area contributed by atoms with Gasteiger partial charge in [-0.15, -0.1) is 0 Å². The third kappa shape index (κ3) is 5.55. The zero-order chi connectivity index (χ0) is 22.3. The van der Waals surface area contributed by atoms with Gasteiger partial charge in [-0.3, -0.25) is 19.6 Å². The Bertz CT molecular complexity index is 894. The normalized spacial score (nSPS) is 19.7. The summed E-state index contributed by atoms with van der Waals surface area (Å²) in [5.74, 6) is 0.241. The van der Waals surface area contributed by atoms with Crippen LogP contribution in [0.25, 0.3) is 0 Å². The fraction of sp³-hybridized carbons (Fsp3) is 0.542. The van der Waals surface area contributed by atoms with Crippen LogP contribution < -0.4 is 0 Å². The Morgan fingerprint density at radius 3 is 2.75 bits per heavy atom. The molecule has 2 aliphatic rings. The maximum absolute atomic E-state index is 13.1. The molecular formula is C24H33N5O3. The van der Waals surface area contributed by atoms with Gasteiger partial charge in [-0.25, -0.2) is 0 Å². The van der Waals surface area contributed by atoms with Gasteiger partial charge in [-0.05, 0) is 18.4 Å². The van der Waals surface area contributed by atoms with Crippen molar-refractivity contribution >= 4 is 11.8 Å². The number of morpholine rings is 1. The van der Waals surface area contributed by atoms with E-state index in [1.807, 2.05) is 42.3 Å². The van der Waals surface area contributed by atoms with E-state index in [0.717, 1.165) is 63.5 Å². The molecule has 2 fully saturated rings. The maximum atomic E-state index is 13.1. The Morgan fingerprint density at radius 1 is 1.19 bits per heavy atom. The second-order valence-electron chi connectivity index (χ2n) is 8.73. The summed E-state index contributed by atoms with van der Waals surface area (Å²) in [4.78, 5) is 32.0. The lowest BCUT2D eigenvalue weighted by molar-refractivity contribution is -0.133. The van der Waals surface area contributed by atoms with Crippen molar-refractivity contribution in [3.63, 3.8) is 0 Å². The minimum absolute atomic E-state index is 0.0478. The number of hydrogen-bond donors (Lipinski definition) is 1. The number of aromatic nitrogens is 2. The first-order valence-electron chi connectivity index (χ1n) is 11.5. The van der Waals surface area contributed by atoms with E-state index in [4.69, 9.17) is 4.74 Å². The molecule has 4 rings (SSSR count). The largest absolute Gasteiger partial charge is 0.379 e. The van der Waals surface area contributed by atoms with Crippen molar-refractivity contribution in [1.82, 2.24) is 24.9 Å². The van der Waals surface area contributed by atoms with E-state index in [1.165, 1.54) is 0 Å². The molecular weight excluding hydrogens is 406 g/mol. The summed E-state index contributed by atoms with van der Waals surface area (Å²) < 4.78 is 5.38. The first-order chi connectivity index (χ1) is 15.6. The molecule has 0 spiro atoms. The fourth-order valence-electron chi connectivity index (χ4n) is 4.59. The molecule has 0 radical (unpaired) electrons. The quantitative estimate of drug-likeness (QED) is 0.715. The van der Waals surface area contributed by atoms with Crippen LogP contribution in [0, 0.1) is 0 Å². The van der Waals surface area contributed by atoms with Crippen molar-refractivity contribution in [3.05, 3.63) is 53.3 Å². The van der Waals surface area contributed by atoms with Crippen LogP contribution in [0.4, 0.5) is 0 Å². The minimum Gasteiger partial charge on any atom is -0.379 e. The average Bonchev–Trinajstić information content (AvgIpc) is 3.33. The Morgan fingerprint density at radius 2 is 1.97 bits per heavy atom. The van der Waals surface area contributed by atoms with Gasteiger partial charge < -0.3 is 14.5 Å². The van der Waals surface area contributed by atoms with Crippen LogP contribution in [0.1, 0.15) is 46.8 Å². The maximum Gasteiger partial charge on any atom is 0.257 e. The molecule has 1 aromatic heterocycles. The van der Waals surface area contributed by atoms with Gasteiger partial charge >= 0.3 is 0 Å². The van der Waals surface area contributed by atoms with Crippen molar-refractivity contribution in [1.29, 1.82) is 0 Å². The molecule has 3 heterocycles. The predicted octanol–water partition coefficient (Wildman–Crippen LogP) is 2.11. The highest BCUT2D eigenvalue weighted by Crippen LogP contribution is 2.29. The predicted molar refractivity (Wildman–Crippen MR) is 121 cm³/mol. The number of amides is 2. The Kier molecular flexibility index (Phi) is 7.55. The standard InChI is InChI=1S/C24H33N5O3/c1-27(17-19-6-3-2-4-7-19)24(31)21-16-25-26-23(21)20-8-5-10-29(18-20)22(30)9-11-28-12-14-32-15-13-28/h2-4,6-7,16,20H,5,8-15,17-18H2,1H3,(H,25,26)/t20-/m1/s1. The molecule has 0 unspecified atom stereocenters. The van der Waals surface area contributed by atoms with E-state index in [0.29, 0.717) is 25.1 Å². The van der Waals surface area contributed by atoms with Gasteiger partial charge in [-0.1, -0.05) is 30.3 Å².